The first-order chi connectivity index (χ1) is 29.9. The summed E-state index contributed by atoms with van der Waals surface area (Å²) in [5, 5.41) is 3.06. The van der Waals surface area contributed by atoms with Crippen LogP contribution in [-0.4, -0.2) is 8.07 Å². The molecule has 7 aromatic rings. The molecule has 2 aliphatic rings. The Kier molecular flexibility index (Phi) is 11.9. The zero-order valence-corrected chi connectivity index (χ0v) is 37.8. The van der Waals surface area contributed by atoms with Crippen molar-refractivity contribution in [3.63, 3.8) is 0 Å². The van der Waals surface area contributed by atoms with Gasteiger partial charge in [0, 0.05) is 39.4 Å². The zero-order valence-electron chi connectivity index (χ0n) is 36.8. The van der Waals surface area contributed by atoms with Gasteiger partial charge in [-0.25, -0.2) is 0 Å². The van der Waals surface area contributed by atoms with Crippen molar-refractivity contribution in [2.75, 3.05) is 9.80 Å². The molecule has 1 atom stereocenters. The lowest BCUT2D eigenvalue weighted by atomic mass is 9.69. The van der Waals surface area contributed by atoms with Gasteiger partial charge in [0.25, 0.3) is 0 Å². The second kappa shape index (κ2) is 17.8. The van der Waals surface area contributed by atoms with Crippen LogP contribution in [0.25, 0.3) is 11.1 Å². The average molecular weight is 815 g/mol. The molecule has 0 bridgehead atoms. The number of anilines is 6. The van der Waals surface area contributed by atoms with Crippen molar-refractivity contribution in [3.8, 4) is 11.1 Å². The van der Waals surface area contributed by atoms with E-state index in [1.54, 1.807) is 0 Å². The molecule has 1 unspecified atom stereocenters. The third-order valence-electron chi connectivity index (χ3n) is 14.2. The average Bonchev–Trinajstić information content (AvgIpc) is 3.56. The molecule has 2 nitrogen and oxygen atoms in total. The highest BCUT2D eigenvalue weighted by atomic mass is 28.3. The van der Waals surface area contributed by atoms with E-state index in [9.17, 15) is 0 Å². The SMILES string of the molecule is CCCCCC(CC)(c1ccc(N(c2ccccc2)c2ccc(C3CCCCC3)cc2)cc1)c1ccc(N(c2ccccc2)c2cccc3c2-c2ccccc2[Si]3(C)C)cc1. The van der Waals surface area contributed by atoms with Gasteiger partial charge in [0.1, 0.15) is 8.07 Å². The van der Waals surface area contributed by atoms with Crippen molar-refractivity contribution < 1.29 is 0 Å². The number of nitrogens with zero attached hydrogens (tertiary/aromatic N) is 2. The Labute approximate surface area is 367 Å². The van der Waals surface area contributed by atoms with Gasteiger partial charge in [-0.15, -0.1) is 0 Å². The van der Waals surface area contributed by atoms with Crippen LogP contribution in [0.2, 0.25) is 13.1 Å². The summed E-state index contributed by atoms with van der Waals surface area (Å²) in [6.45, 7) is 9.72. The van der Waals surface area contributed by atoms with E-state index in [0.717, 1.165) is 12.8 Å². The fraction of sp³-hybridized carbons (Fsp3) is 0.276. The second-order valence-electron chi connectivity index (χ2n) is 18.1. The minimum Gasteiger partial charge on any atom is -0.311 e. The minimum absolute atomic E-state index is 0.106. The van der Waals surface area contributed by atoms with E-state index in [4.69, 9.17) is 0 Å². The maximum atomic E-state index is 2.51. The van der Waals surface area contributed by atoms with Crippen molar-refractivity contribution in [2.45, 2.75) is 102 Å². The largest absolute Gasteiger partial charge is 0.311 e. The van der Waals surface area contributed by atoms with Gasteiger partial charge in [0.2, 0.25) is 0 Å². The Balaban J connectivity index is 1.09. The van der Waals surface area contributed by atoms with E-state index < -0.39 is 8.07 Å². The van der Waals surface area contributed by atoms with Crippen LogP contribution >= 0.6 is 0 Å². The third kappa shape index (κ3) is 7.78. The van der Waals surface area contributed by atoms with Gasteiger partial charge in [0.15, 0.2) is 0 Å². The van der Waals surface area contributed by atoms with E-state index in [2.05, 4.69) is 213 Å². The lowest BCUT2D eigenvalue weighted by molar-refractivity contribution is 0.431. The van der Waals surface area contributed by atoms with Crippen molar-refractivity contribution in [1.29, 1.82) is 0 Å². The molecule has 61 heavy (non-hydrogen) atoms. The molecule has 1 fully saturated rings. The van der Waals surface area contributed by atoms with Crippen LogP contribution in [-0.2, 0) is 5.41 Å². The lowest BCUT2D eigenvalue weighted by Gasteiger charge is -2.36. The molecule has 7 aromatic carbocycles. The Bertz CT molecular complexity index is 2520. The number of rotatable bonds is 14. The van der Waals surface area contributed by atoms with Crippen LogP contribution in [0.5, 0.6) is 0 Å². The molecular weight excluding hydrogens is 753 g/mol. The first-order valence-electron chi connectivity index (χ1n) is 23.2. The first kappa shape index (κ1) is 40.7. The zero-order chi connectivity index (χ0) is 41.8. The summed E-state index contributed by atoms with van der Waals surface area (Å²) < 4.78 is 0. The van der Waals surface area contributed by atoms with Crippen LogP contribution in [0.1, 0.15) is 101 Å². The fourth-order valence-electron chi connectivity index (χ4n) is 10.9. The number of unbranched alkanes of at least 4 members (excludes halogenated alkanes) is 2. The van der Waals surface area contributed by atoms with Gasteiger partial charge in [-0.1, -0.05) is 175 Å². The normalized spacial score (nSPS) is 15.4. The summed E-state index contributed by atoms with van der Waals surface area (Å²) in [5.41, 5.74) is 14.2. The lowest BCUT2D eigenvalue weighted by Crippen LogP contribution is -2.49. The number of benzene rings is 7. The van der Waals surface area contributed by atoms with E-state index >= 15 is 0 Å². The first-order valence-corrected chi connectivity index (χ1v) is 26.2. The molecule has 3 heteroatoms. The summed E-state index contributed by atoms with van der Waals surface area (Å²) in [6, 6.07) is 66.7. The summed E-state index contributed by atoms with van der Waals surface area (Å²) in [6.07, 6.45) is 12.5. The fourth-order valence-corrected chi connectivity index (χ4v) is 13.9. The van der Waals surface area contributed by atoms with Gasteiger partial charge in [0.05, 0.1) is 5.69 Å². The molecular formula is C58H62N2Si. The van der Waals surface area contributed by atoms with E-state index in [0.29, 0.717) is 5.92 Å². The molecule has 1 saturated carbocycles. The topological polar surface area (TPSA) is 6.48 Å². The van der Waals surface area contributed by atoms with Crippen LogP contribution < -0.4 is 20.2 Å². The molecule has 0 N–H and O–H groups in total. The highest BCUT2D eigenvalue weighted by molar-refractivity contribution is 7.04. The Morgan fingerprint density at radius 3 is 1.59 bits per heavy atom. The number of para-hydroxylation sites is 2. The van der Waals surface area contributed by atoms with Crippen molar-refractivity contribution in [2.24, 2.45) is 0 Å². The highest BCUT2D eigenvalue weighted by Crippen LogP contribution is 2.46. The van der Waals surface area contributed by atoms with Gasteiger partial charge in [-0.2, -0.15) is 0 Å². The predicted octanol–water partition coefficient (Wildman–Crippen LogP) is 15.8. The third-order valence-corrected chi connectivity index (χ3v) is 17.8. The monoisotopic (exact) mass is 814 g/mol. The number of fused-ring (bicyclic) bond motifs is 3. The van der Waals surface area contributed by atoms with E-state index in [1.165, 1.54) is 124 Å². The van der Waals surface area contributed by atoms with Crippen LogP contribution in [0.3, 0.4) is 0 Å². The molecule has 1 aliphatic heterocycles. The van der Waals surface area contributed by atoms with Gasteiger partial charge < -0.3 is 9.80 Å². The Hall–Kier alpha value is -5.64. The standard InChI is InChI=1S/C58H62N2Si/c1-5-7-19-43-58(6-2,46-33-39-51(40-34-46)59(48-23-13-9-14-24-48)50-37-31-45(32-38-50)44-21-11-8-12-22-44)47-35-41-52(42-36-47)60(49-25-15-10-16-26-49)54-28-20-30-56-57(54)53-27-17-18-29-55(53)61(56,3)4/h9-10,13-18,20,23-42,44H,5-8,11-12,19,21-22,43H2,1-4H3. The summed E-state index contributed by atoms with van der Waals surface area (Å²) in [4.78, 5) is 4.92. The minimum atomic E-state index is -1.84. The van der Waals surface area contributed by atoms with Crippen LogP contribution in [0, 0.1) is 0 Å². The molecule has 0 amide bonds. The Morgan fingerprint density at radius 1 is 0.492 bits per heavy atom. The maximum absolute atomic E-state index is 2.51. The predicted molar refractivity (Wildman–Crippen MR) is 265 cm³/mol. The molecule has 9 rings (SSSR count). The molecule has 1 aliphatic carbocycles. The quantitative estimate of drug-likeness (QED) is 0.0797. The summed E-state index contributed by atoms with van der Waals surface area (Å²) >= 11 is 0. The van der Waals surface area contributed by atoms with Gasteiger partial charge >= 0.3 is 0 Å². The highest BCUT2D eigenvalue weighted by Gasteiger charge is 2.39. The molecule has 0 radical (unpaired) electrons. The molecule has 1 heterocycles. The van der Waals surface area contributed by atoms with Crippen molar-refractivity contribution >= 4 is 52.6 Å². The maximum Gasteiger partial charge on any atom is 0.113 e. The Morgan fingerprint density at radius 2 is 1.00 bits per heavy atom. The number of hydrogen-bond acceptors (Lipinski definition) is 2. The summed E-state index contributed by atoms with van der Waals surface area (Å²) in [5.74, 6) is 0.697. The van der Waals surface area contributed by atoms with Crippen molar-refractivity contribution in [3.05, 3.63) is 193 Å². The summed E-state index contributed by atoms with van der Waals surface area (Å²) in [7, 11) is -1.84. The smallest absolute Gasteiger partial charge is 0.113 e. The number of hydrogen-bond donors (Lipinski definition) is 0. The molecule has 0 aromatic heterocycles. The molecule has 0 saturated heterocycles. The molecule has 0 spiro atoms. The van der Waals surface area contributed by atoms with Gasteiger partial charge in [-0.05, 0) is 131 Å². The molecule has 308 valence electrons. The van der Waals surface area contributed by atoms with E-state index in [-0.39, 0.29) is 5.41 Å². The second-order valence-corrected chi connectivity index (χ2v) is 22.5. The van der Waals surface area contributed by atoms with E-state index in [1.807, 2.05) is 0 Å². The van der Waals surface area contributed by atoms with Gasteiger partial charge in [-0.3, -0.25) is 0 Å². The van der Waals surface area contributed by atoms with Crippen LogP contribution in [0.4, 0.5) is 34.1 Å². The van der Waals surface area contributed by atoms with Crippen molar-refractivity contribution in [1.82, 2.24) is 0 Å². The van der Waals surface area contributed by atoms with Crippen LogP contribution in [0.15, 0.2) is 176 Å².